The lowest BCUT2D eigenvalue weighted by atomic mass is 9.73. The predicted molar refractivity (Wildman–Crippen MR) is 78.4 cm³/mol. The zero-order valence-electron chi connectivity index (χ0n) is 12.5. The van der Waals surface area contributed by atoms with Crippen LogP contribution in [0.2, 0.25) is 0 Å². The molecule has 3 N–H and O–H groups in total. The van der Waals surface area contributed by atoms with Crippen LogP contribution in [0.3, 0.4) is 0 Å². The third kappa shape index (κ3) is 3.57. The molecular formula is C16H25NO2. The van der Waals surface area contributed by atoms with Gasteiger partial charge in [0.25, 0.3) is 0 Å². The average Bonchev–Trinajstić information content (AvgIpc) is 2.26. The van der Waals surface area contributed by atoms with Crippen molar-refractivity contribution in [3.05, 3.63) is 35.4 Å². The SMILES string of the molecule is CC(N)C(C)(CC(=O)O)c1ccc(C(C)(C)C)cc1. The summed E-state index contributed by atoms with van der Waals surface area (Å²) in [5, 5.41) is 9.09. The van der Waals surface area contributed by atoms with E-state index in [9.17, 15) is 4.79 Å². The van der Waals surface area contributed by atoms with Gasteiger partial charge < -0.3 is 10.8 Å². The van der Waals surface area contributed by atoms with E-state index in [0.29, 0.717) is 0 Å². The van der Waals surface area contributed by atoms with Crippen molar-refractivity contribution < 1.29 is 9.90 Å². The Hall–Kier alpha value is -1.35. The molecule has 0 bridgehead atoms. The number of carboxylic acid groups (broad SMARTS) is 1. The first-order valence-electron chi connectivity index (χ1n) is 6.66. The van der Waals surface area contributed by atoms with Gasteiger partial charge in [-0.2, -0.15) is 0 Å². The van der Waals surface area contributed by atoms with Crippen LogP contribution in [0.25, 0.3) is 0 Å². The standard InChI is InChI=1S/C16H25NO2/c1-11(17)16(5,10-14(18)19)13-8-6-12(7-9-13)15(2,3)4/h6-9,11H,10,17H2,1-5H3,(H,18,19). The fourth-order valence-electron chi connectivity index (χ4n) is 2.19. The molecule has 0 heterocycles. The summed E-state index contributed by atoms with van der Waals surface area (Å²) >= 11 is 0. The third-order valence-corrected chi connectivity index (χ3v) is 3.93. The van der Waals surface area contributed by atoms with Crippen molar-refractivity contribution >= 4 is 5.97 Å². The average molecular weight is 263 g/mol. The number of aliphatic carboxylic acids is 1. The molecule has 0 radical (unpaired) electrons. The van der Waals surface area contributed by atoms with Gasteiger partial charge in [-0.05, 0) is 23.5 Å². The van der Waals surface area contributed by atoms with Gasteiger partial charge in [0.1, 0.15) is 0 Å². The van der Waals surface area contributed by atoms with Gasteiger partial charge in [0.2, 0.25) is 0 Å². The molecule has 1 aromatic rings. The smallest absolute Gasteiger partial charge is 0.304 e. The van der Waals surface area contributed by atoms with E-state index in [0.717, 1.165) is 5.56 Å². The second kappa shape index (κ2) is 5.33. The van der Waals surface area contributed by atoms with Crippen molar-refractivity contribution in [2.75, 3.05) is 0 Å². The molecule has 0 fully saturated rings. The van der Waals surface area contributed by atoms with Crippen LogP contribution in [0.15, 0.2) is 24.3 Å². The Kier molecular flexibility index (Phi) is 4.41. The highest BCUT2D eigenvalue weighted by atomic mass is 16.4. The Morgan fingerprint density at radius 2 is 1.58 bits per heavy atom. The molecule has 0 saturated heterocycles. The Morgan fingerprint density at radius 1 is 1.16 bits per heavy atom. The van der Waals surface area contributed by atoms with Gasteiger partial charge in [-0.15, -0.1) is 0 Å². The molecule has 3 nitrogen and oxygen atoms in total. The number of carboxylic acids is 1. The molecule has 0 saturated carbocycles. The molecule has 2 atom stereocenters. The molecule has 106 valence electrons. The zero-order valence-corrected chi connectivity index (χ0v) is 12.5. The van der Waals surface area contributed by atoms with Crippen LogP contribution in [0.1, 0.15) is 52.2 Å². The lowest BCUT2D eigenvalue weighted by molar-refractivity contribution is -0.138. The largest absolute Gasteiger partial charge is 0.481 e. The molecular weight excluding hydrogens is 238 g/mol. The summed E-state index contributed by atoms with van der Waals surface area (Å²) in [5.74, 6) is -0.820. The van der Waals surface area contributed by atoms with E-state index in [1.807, 2.05) is 26.0 Å². The molecule has 0 aliphatic heterocycles. The highest BCUT2D eigenvalue weighted by molar-refractivity contribution is 5.69. The van der Waals surface area contributed by atoms with Crippen LogP contribution in [-0.2, 0) is 15.6 Å². The topological polar surface area (TPSA) is 63.3 Å². The summed E-state index contributed by atoms with van der Waals surface area (Å²) < 4.78 is 0. The summed E-state index contributed by atoms with van der Waals surface area (Å²) in [5.41, 5.74) is 7.78. The third-order valence-electron chi connectivity index (χ3n) is 3.93. The number of hydrogen-bond acceptors (Lipinski definition) is 2. The maximum Gasteiger partial charge on any atom is 0.304 e. The van der Waals surface area contributed by atoms with E-state index >= 15 is 0 Å². The van der Waals surface area contributed by atoms with Crippen molar-refractivity contribution in [1.82, 2.24) is 0 Å². The highest BCUT2D eigenvalue weighted by Crippen LogP contribution is 2.32. The highest BCUT2D eigenvalue weighted by Gasteiger charge is 2.33. The quantitative estimate of drug-likeness (QED) is 0.877. The van der Waals surface area contributed by atoms with Crippen LogP contribution in [-0.4, -0.2) is 17.1 Å². The lowest BCUT2D eigenvalue weighted by Gasteiger charge is -2.33. The van der Waals surface area contributed by atoms with Gasteiger partial charge >= 0.3 is 5.97 Å². The van der Waals surface area contributed by atoms with Gasteiger partial charge in [0, 0.05) is 11.5 Å². The normalized spacial score (nSPS) is 16.7. The van der Waals surface area contributed by atoms with Gasteiger partial charge in [-0.25, -0.2) is 0 Å². The van der Waals surface area contributed by atoms with Gasteiger partial charge in [-0.3, -0.25) is 4.79 Å². The fourth-order valence-corrected chi connectivity index (χ4v) is 2.19. The maximum absolute atomic E-state index is 11.1. The number of hydrogen-bond donors (Lipinski definition) is 2. The fraction of sp³-hybridized carbons (Fsp3) is 0.562. The molecule has 1 aromatic carbocycles. The van der Waals surface area contributed by atoms with Crippen LogP contribution in [0.4, 0.5) is 0 Å². The Labute approximate surface area is 115 Å². The Morgan fingerprint density at radius 3 is 1.89 bits per heavy atom. The first kappa shape index (κ1) is 15.7. The number of carbonyl (C=O) groups is 1. The van der Waals surface area contributed by atoms with Crippen molar-refractivity contribution in [3.63, 3.8) is 0 Å². The Balaban J connectivity index is 3.15. The van der Waals surface area contributed by atoms with Gasteiger partial charge in [0.05, 0.1) is 6.42 Å². The molecule has 2 unspecified atom stereocenters. The van der Waals surface area contributed by atoms with E-state index < -0.39 is 11.4 Å². The van der Waals surface area contributed by atoms with E-state index in [4.69, 9.17) is 10.8 Å². The molecule has 3 heteroatoms. The Bertz CT molecular complexity index is 443. The molecule has 0 amide bonds. The first-order chi connectivity index (χ1) is 8.57. The minimum absolute atomic E-state index is 0.0412. The van der Waals surface area contributed by atoms with E-state index in [-0.39, 0.29) is 17.9 Å². The van der Waals surface area contributed by atoms with E-state index in [1.165, 1.54) is 5.56 Å². The van der Waals surface area contributed by atoms with E-state index in [2.05, 4.69) is 32.9 Å². The molecule has 0 aliphatic rings. The minimum atomic E-state index is -0.820. The summed E-state index contributed by atoms with van der Waals surface area (Å²) in [6, 6.07) is 7.93. The summed E-state index contributed by atoms with van der Waals surface area (Å²) in [7, 11) is 0. The maximum atomic E-state index is 11.1. The molecule has 0 aromatic heterocycles. The van der Waals surface area contributed by atoms with Crippen molar-refractivity contribution in [1.29, 1.82) is 0 Å². The van der Waals surface area contributed by atoms with Crippen molar-refractivity contribution in [2.24, 2.45) is 5.73 Å². The van der Waals surface area contributed by atoms with Gasteiger partial charge in [0.15, 0.2) is 0 Å². The van der Waals surface area contributed by atoms with E-state index in [1.54, 1.807) is 0 Å². The number of rotatable bonds is 4. The van der Waals surface area contributed by atoms with Crippen LogP contribution in [0.5, 0.6) is 0 Å². The summed E-state index contributed by atoms with van der Waals surface area (Å²) in [6.45, 7) is 10.2. The minimum Gasteiger partial charge on any atom is -0.481 e. The molecule has 1 rings (SSSR count). The zero-order chi connectivity index (χ0) is 14.8. The summed E-state index contributed by atoms with van der Waals surface area (Å²) in [6.07, 6.45) is 0.0412. The second-order valence-electron chi connectivity index (χ2n) is 6.60. The van der Waals surface area contributed by atoms with Crippen molar-refractivity contribution in [2.45, 2.75) is 57.9 Å². The van der Waals surface area contributed by atoms with Crippen LogP contribution >= 0.6 is 0 Å². The second-order valence-corrected chi connectivity index (χ2v) is 6.60. The molecule has 19 heavy (non-hydrogen) atoms. The van der Waals surface area contributed by atoms with Crippen LogP contribution in [0, 0.1) is 0 Å². The van der Waals surface area contributed by atoms with Crippen molar-refractivity contribution in [3.8, 4) is 0 Å². The monoisotopic (exact) mass is 263 g/mol. The first-order valence-corrected chi connectivity index (χ1v) is 6.66. The molecule has 0 spiro atoms. The van der Waals surface area contributed by atoms with Gasteiger partial charge in [-0.1, -0.05) is 52.0 Å². The molecule has 0 aliphatic carbocycles. The van der Waals surface area contributed by atoms with Crippen LogP contribution < -0.4 is 5.73 Å². The number of benzene rings is 1. The summed E-state index contributed by atoms with van der Waals surface area (Å²) in [4.78, 5) is 11.1. The lowest BCUT2D eigenvalue weighted by Crippen LogP contribution is -2.42. The number of nitrogens with two attached hydrogens (primary N) is 1. The predicted octanol–water partition coefficient (Wildman–Crippen LogP) is 3.06.